The van der Waals surface area contributed by atoms with Gasteiger partial charge in [-0.05, 0) is 50.8 Å². The molecule has 1 saturated heterocycles. The van der Waals surface area contributed by atoms with E-state index >= 15 is 0 Å². The zero-order valence-corrected chi connectivity index (χ0v) is 20.1. The summed E-state index contributed by atoms with van der Waals surface area (Å²) < 4.78 is 0. The van der Waals surface area contributed by atoms with Gasteiger partial charge in [-0.2, -0.15) is 0 Å². The summed E-state index contributed by atoms with van der Waals surface area (Å²) in [4.78, 5) is 28.7. The van der Waals surface area contributed by atoms with Crippen LogP contribution in [0.15, 0.2) is 36.7 Å². The SMILES string of the molecule is CCCN1CCN(c2ncnc3sc(C(=O)N[C@@H](C)CCc4ccccc4)c(C)c23)CC1. The Morgan fingerprint density at radius 3 is 2.62 bits per heavy atom. The molecular formula is C25H33N5OS. The first-order valence-electron chi connectivity index (χ1n) is 11.6. The predicted molar refractivity (Wildman–Crippen MR) is 133 cm³/mol. The van der Waals surface area contributed by atoms with Crippen molar-refractivity contribution >= 4 is 33.3 Å². The maximum atomic E-state index is 13.1. The summed E-state index contributed by atoms with van der Waals surface area (Å²) >= 11 is 1.48. The van der Waals surface area contributed by atoms with Crippen LogP contribution in [-0.2, 0) is 6.42 Å². The number of nitrogens with one attached hydrogen (secondary N) is 1. The average molecular weight is 452 g/mol. The van der Waals surface area contributed by atoms with Crippen molar-refractivity contribution in [3.05, 3.63) is 52.7 Å². The number of nitrogens with zero attached hydrogens (tertiary/aromatic N) is 4. The number of aryl methyl sites for hydroxylation is 2. The summed E-state index contributed by atoms with van der Waals surface area (Å²) in [6.45, 7) is 11.5. The van der Waals surface area contributed by atoms with Gasteiger partial charge in [-0.15, -0.1) is 11.3 Å². The van der Waals surface area contributed by atoms with Crippen molar-refractivity contribution in [3.63, 3.8) is 0 Å². The van der Waals surface area contributed by atoms with E-state index in [2.05, 4.69) is 63.2 Å². The molecule has 1 atom stereocenters. The zero-order valence-electron chi connectivity index (χ0n) is 19.3. The number of benzene rings is 1. The fraction of sp³-hybridized carbons (Fsp3) is 0.480. The van der Waals surface area contributed by atoms with E-state index in [1.54, 1.807) is 6.33 Å². The molecule has 1 aliphatic heterocycles. The zero-order chi connectivity index (χ0) is 22.5. The van der Waals surface area contributed by atoms with Crippen molar-refractivity contribution in [3.8, 4) is 0 Å². The second-order valence-electron chi connectivity index (χ2n) is 8.66. The van der Waals surface area contributed by atoms with E-state index in [9.17, 15) is 4.79 Å². The van der Waals surface area contributed by atoms with Gasteiger partial charge in [0.15, 0.2) is 0 Å². The molecule has 170 valence electrons. The van der Waals surface area contributed by atoms with Crippen LogP contribution >= 0.6 is 11.3 Å². The average Bonchev–Trinajstić information content (AvgIpc) is 3.16. The molecule has 4 rings (SSSR count). The molecule has 6 nitrogen and oxygen atoms in total. The van der Waals surface area contributed by atoms with E-state index in [0.717, 1.165) is 72.0 Å². The molecule has 1 fully saturated rings. The van der Waals surface area contributed by atoms with E-state index in [0.29, 0.717) is 0 Å². The van der Waals surface area contributed by atoms with Crippen LogP contribution in [0, 0.1) is 6.92 Å². The molecule has 0 saturated carbocycles. The number of anilines is 1. The highest BCUT2D eigenvalue weighted by atomic mass is 32.1. The number of carbonyl (C=O) groups excluding carboxylic acids is 1. The van der Waals surface area contributed by atoms with Crippen LogP contribution in [0.1, 0.15) is 47.5 Å². The highest BCUT2D eigenvalue weighted by Gasteiger charge is 2.24. The Balaban J connectivity index is 1.46. The molecule has 1 N–H and O–H groups in total. The fourth-order valence-electron chi connectivity index (χ4n) is 4.40. The van der Waals surface area contributed by atoms with Crippen molar-refractivity contribution in [1.29, 1.82) is 0 Å². The third-order valence-electron chi connectivity index (χ3n) is 6.21. The van der Waals surface area contributed by atoms with Crippen LogP contribution in [-0.4, -0.2) is 59.5 Å². The van der Waals surface area contributed by atoms with Crippen LogP contribution in [0.25, 0.3) is 10.2 Å². The molecule has 0 unspecified atom stereocenters. The minimum Gasteiger partial charge on any atom is -0.353 e. The molecule has 7 heteroatoms. The summed E-state index contributed by atoms with van der Waals surface area (Å²) in [5.74, 6) is 0.959. The van der Waals surface area contributed by atoms with Gasteiger partial charge in [-0.25, -0.2) is 9.97 Å². The number of fused-ring (bicyclic) bond motifs is 1. The number of hydrogen-bond donors (Lipinski definition) is 1. The van der Waals surface area contributed by atoms with E-state index in [1.165, 1.54) is 23.3 Å². The highest BCUT2D eigenvalue weighted by Crippen LogP contribution is 2.35. The maximum Gasteiger partial charge on any atom is 0.261 e. The van der Waals surface area contributed by atoms with Crippen molar-refractivity contribution < 1.29 is 4.79 Å². The third kappa shape index (κ3) is 5.10. The molecule has 0 aliphatic carbocycles. The molecule has 2 aromatic heterocycles. The Kier molecular flexibility index (Phi) is 7.37. The molecule has 3 heterocycles. The summed E-state index contributed by atoms with van der Waals surface area (Å²) in [5.41, 5.74) is 2.29. The maximum absolute atomic E-state index is 13.1. The predicted octanol–water partition coefficient (Wildman–Crippen LogP) is 4.28. The lowest BCUT2D eigenvalue weighted by Gasteiger charge is -2.35. The van der Waals surface area contributed by atoms with Crippen molar-refractivity contribution in [2.24, 2.45) is 0 Å². The number of thiophene rings is 1. The number of carbonyl (C=O) groups is 1. The first-order chi connectivity index (χ1) is 15.6. The van der Waals surface area contributed by atoms with Gasteiger partial charge in [0.1, 0.15) is 17.0 Å². The monoisotopic (exact) mass is 451 g/mol. The second-order valence-corrected chi connectivity index (χ2v) is 9.66. The van der Waals surface area contributed by atoms with Crippen molar-refractivity contribution in [2.75, 3.05) is 37.6 Å². The molecule has 0 radical (unpaired) electrons. The highest BCUT2D eigenvalue weighted by molar-refractivity contribution is 7.20. The molecule has 0 bridgehead atoms. The van der Waals surface area contributed by atoms with Crippen molar-refractivity contribution in [1.82, 2.24) is 20.2 Å². The minimum absolute atomic E-state index is 0.00947. The Morgan fingerprint density at radius 1 is 1.16 bits per heavy atom. The fourth-order valence-corrected chi connectivity index (χ4v) is 5.44. The standard InChI is InChI=1S/C25H33N5OS/c1-4-12-29-13-15-30(16-14-29)23-21-19(3)22(32-25(21)27-17-26-23)24(31)28-18(2)10-11-20-8-6-5-7-9-20/h5-9,17-18H,4,10-16H2,1-3H3,(H,28,31)/t18-/m0/s1. The van der Waals surface area contributed by atoms with Crippen LogP contribution in [0.3, 0.4) is 0 Å². The molecule has 0 spiro atoms. The van der Waals surface area contributed by atoms with E-state index < -0.39 is 0 Å². The Morgan fingerprint density at radius 2 is 1.91 bits per heavy atom. The molecule has 32 heavy (non-hydrogen) atoms. The van der Waals surface area contributed by atoms with Crippen LogP contribution in [0.5, 0.6) is 0 Å². The van der Waals surface area contributed by atoms with Gasteiger partial charge in [0.25, 0.3) is 5.91 Å². The number of hydrogen-bond acceptors (Lipinski definition) is 6. The van der Waals surface area contributed by atoms with Gasteiger partial charge in [0.2, 0.25) is 0 Å². The Hall–Kier alpha value is -2.51. The Labute approximate surface area is 194 Å². The van der Waals surface area contributed by atoms with Gasteiger partial charge in [-0.1, -0.05) is 37.3 Å². The molecular weight excluding hydrogens is 418 g/mol. The van der Waals surface area contributed by atoms with Crippen LogP contribution in [0.2, 0.25) is 0 Å². The smallest absolute Gasteiger partial charge is 0.261 e. The van der Waals surface area contributed by atoms with Gasteiger partial charge < -0.3 is 10.2 Å². The largest absolute Gasteiger partial charge is 0.353 e. The number of piperazine rings is 1. The summed E-state index contributed by atoms with van der Waals surface area (Å²) in [6, 6.07) is 10.5. The lowest BCUT2D eigenvalue weighted by molar-refractivity contribution is 0.0942. The van der Waals surface area contributed by atoms with E-state index in [4.69, 9.17) is 0 Å². The molecule has 1 aromatic carbocycles. The lowest BCUT2D eigenvalue weighted by atomic mass is 10.1. The van der Waals surface area contributed by atoms with E-state index in [1.807, 2.05) is 13.0 Å². The first-order valence-corrected chi connectivity index (χ1v) is 12.4. The third-order valence-corrected chi connectivity index (χ3v) is 7.41. The first kappa shape index (κ1) is 22.7. The van der Waals surface area contributed by atoms with E-state index in [-0.39, 0.29) is 11.9 Å². The van der Waals surface area contributed by atoms with Gasteiger partial charge in [-0.3, -0.25) is 9.69 Å². The molecule has 1 aliphatic rings. The Bertz CT molecular complexity index is 1040. The van der Waals surface area contributed by atoms with Crippen LogP contribution < -0.4 is 10.2 Å². The molecule has 1 amide bonds. The summed E-state index contributed by atoms with van der Waals surface area (Å²) in [7, 11) is 0. The second kappa shape index (κ2) is 10.4. The number of aromatic nitrogens is 2. The lowest BCUT2D eigenvalue weighted by Crippen LogP contribution is -2.46. The number of rotatable bonds is 8. The van der Waals surface area contributed by atoms with Gasteiger partial charge >= 0.3 is 0 Å². The summed E-state index contributed by atoms with van der Waals surface area (Å²) in [6.07, 6.45) is 4.68. The van der Waals surface area contributed by atoms with Gasteiger partial charge in [0.05, 0.1) is 10.3 Å². The number of amides is 1. The van der Waals surface area contributed by atoms with Crippen LogP contribution in [0.4, 0.5) is 5.82 Å². The summed E-state index contributed by atoms with van der Waals surface area (Å²) in [5, 5.41) is 4.22. The van der Waals surface area contributed by atoms with Gasteiger partial charge in [0, 0.05) is 32.2 Å². The quantitative estimate of drug-likeness (QED) is 0.554. The van der Waals surface area contributed by atoms with Crippen molar-refractivity contribution in [2.45, 2.75) is 46.1 Å². The molecule has 3 aromatic rings. The minimum atomic E-state index is -0.00947. The normalized spacial score (nSPS) is 15.8. The topological polar surface area (TPSA) is 61.4 Å².